The lowest BCUT2D eigenvalue weighted by Crippen LogP contribution is -2.21. The molecule has 0 unspecified atom stereocenters. The van der Waals surface area contributed by atoms with E-state index < -0.39 is 17.8 Å². The van der Waals surface area contributed by atoms with Crippen LogP contribution in [0.1, 0.15) is 30.5 Å². The molecule has 24 heavy (non-hydrogen) atoms. The highest BCUT2D eigenvalue weighted by Crippen LogP contribution is 2.30. The summed E-state index contributed by atoms with van der Waals surface area (Å²) in [5, 5.41) is 5.21. The average molecular weight is 336 g/mol. The summed E-state index contributed by atoms with van der Waals surface area (Å²) in [6, 6.07) is 9.74. The Hall–Kier alpha value is -2.50. The Morgan fingerprint density at radius 1 is 0.958 bits per heavy atom. The van der Waals surface area contributed by atoms with E-state index in [1.54, 1.807) is 0 Å². The molecule has 0 bridgehead atoms. The van der Waals surface area contributed by atoms with E-state index in [4.69, 9.17) is 0 Å². The minimum Gasteiger partial charge on any atom is -0.308 e. The lowest BCUT2D eigenvalue weighted by atomic mass is 10.0. The molecule has 0 heterocycles. The van der Waals surface area contributed by atoms with Crippen LogP contribution in [0.2, 0.25) is 0 Å². The number of hydrogen-bond acceptors (Lipinski definition) is 1. The van der Waals surface area contributed by atoms with Gasteiger partial charge >= 0.3 is 12.2 Å². The maximum atomic E-state index is 12.7. The second-order valence-electron chi connectivity index (χ2n) is 5.32. The minimum absolute atomic E-state index is 0.0920. The van der Waals surface area contributed by atoms with Crippen LogP contribution >= 0.6 is 0 Å². The number of benzene rings is 2. The fourth-order valence-corrected chi connectivity index (χ4v) is 2.45. The van der Waals surface area contributed by atoms with Gasteiger partial charge < -0.3 is 10.6 Å². The number of halogens is 3. The maximum Gasteiger partial charge on any atom is 0.416 e. The van der Waals surface area contributed by atoms with Gasteiger partial charge in [-0.3, -0.25) is 0 Å². The fourth-order valence-electron chi connectivity index (χ4n) is 2.45. The quantitative estimate of drug-likeness (QED) is 0.763. The molecule has 3 nitrogen and oxygen atoms in total. The summed E-state index contributed by atoms with van der Waals surface area (Å²) in [4.78, 5) is 12.2. The van der Waals surface area contributed by atoms with Crippen LogP contribution in [0.4, 0.5) is 29.3 Å². The van der Waals surface area contributed by atoms with Gasteiger partial charge in [-0.05, 0) is 42.2 Å². The molecule has 6 heteroatoms. The van der Waals surface area contributed by atoms with Crippen LogP contribution in [0, 0.1) is 0 Å². The molecular weight excluding hydrogens is 317 g/mol. The normalized spacial score (nSPS) is 11.2. The van der Waals surface area contributed by atoms with Gasteiger partial charge in [0.15, 0.2) is 0 Å². The molecule has 0 aliphatic rings. The molecular formula is C18H19F3N2O. The molecule has 0 aliphatic carbocycles. The van der Waals surface area contributed by atoms with E-state index in [9.17, 15) is 18.0 Å². The van der Waals surface area contributed by atoms with Gasteiger partial charge in [-0.1, -0.05) is 38.1 Å². The van der Waals surface area contributed by atoms with Crippen LogP contribution in [0.3, 0.4) is 0 Å². The van der Waals surface area contributed by atoms with Crippen LogP contribution in [0.15, 0.2) is 42.5 Å². The summed E-state index contributed by atoms with van der Waals surface area (Å²) >= 11 is 0. The van der Waals surface area contributed by atoms with Crippen LogP contribution in [-0.4, -0.2) is 6.03 Å². The summed E-state index contributed by atoms with van der Waals surface area (Å²) in [7, 11) is 0. The van der Waals surface area contributed by atoms with Gasteiger partial charge in [0.1, 0.15) is 0 Å². The Bertz CT molecular complexity index is 704. The van der Waals surface area contributed by atoms with Crippen LogP contribution in [0.5, 0.6) is 0 Å². The SMILES string of the molecule is CCc1cccc(CC)c1NC(=O)Nc1cccc(C(F)(F)F)c1. The van der Waals surface area contributed by atoms with Crippen molar-refractivity contribution in [2.75, 3.05) is 10.6 Å². The second-order valence-corrected chi connectivity index (χ2v) is 5.32. The number of urea groups is 1. The summed E-state index contributed by atoms with van der Waals surface area (Å²) in [5.41, 5.74) is 1.96. The monoisotopic (exact) mass is 336 g/mol. The first kappa shape index (κ1) is 17.8. The zero-order valence-electron chi connectivity index (χ0n) is 13.5. The van der Waals surface area contributed by atoms with Crippen molar-refractivity contribution in [2.45, 2.75) is 32.9 Å². The topological polar surface area (TPSA) is 41.1 Å². The van der Waals surface area contributed by atoms with Crippen molar-refractivity contribution in [1.82, 2.24) is 0 Å². The third-order valence-electron chi connectivity index (χ3n) is 3.69. The van der Waals surface area contributed by atoms with Crippen molar-refractivity contribution in [2.24, 2.45) is 0 Å². The molecule has 0 spiro atoms. The average Bonchev–Trinajstić information content (AvgIpc) is 2.54. The number of aryl methyl sites for hydroxylation is 2. The van der Waals surface area contributed by atoms with Gasteiger partial charge in [0, 0.05) is 11.4 Å². The van der Waals surface area contributed by atoms with E-state index in [-0.39, 0.29) is 5.69 Å². The zero-order valence-corrected chi connectivity index (χ0v) is 13.5. The number of nitrogens with one attached hydrogen (secondary N) is 2. The van der Waals surface area contributed by atoms with Crippen molar-refractivity contribution < 1.29 is 18.0 Å². The first-order valence-corrected chi connectivity index (χ1v) is 7.71. The third kappa shape index (κ3) is 4.28. The van der Waals surface area contributed by atoms with Crippen molar-refractivity contribution in [3.63, 3.8) is 0 Å². The lowest BCUT2D eigenvalue weighted by molar-refractivity contribution is -0.137. The van der Waals surface area contributed by atoms with Crippen molar-refractivity contribution in [3.05, 3.63) is 59.2 Å². The predicted molar refractivity (Wildman–Crippen MR) is 89.3 cm³/mol. The van der Waals surface area contributed by atoms with Gasteiger partial charge in [0.2, 0.25) is 0 Å². The van der Waals surface area contributed by atoms with Crippen molar-refractivity contribution >= 4 is 17.4 Å². The van der Waals surface area contributed by atoms with Crippen LogP contribution in [0.25, 0.3) is 0 Å². The summed E-state index contributed by atoms with van der Waals surface area (Å²) in [6.45, 7) is 3.95. The molecule has 2 amide bonds. The molecule has 0 aromatic heterocycles. The van der Waals surface area contributed by atoms with Gasteiger partial charge in [0.25, 0.3) is 0 Å². The molecule has 128 valence electrons. The Balaban J connectivity index is 2.18. The number of anilines is 2. The highest BCUT2D eigenvalue weighted by Gasteiger charge is 2.30. The van der Waals surface area contributed by atoms with Gasteiger partial charge in [-0.15, -0.1) is 0 Å². The highest BCUT2D eigenvalue weighted by atomic mass is 19.4. The number of hydrogen-bond donors (Lipinski definition) is 2. The van der Waals surface area contributed by atoms with E-state index in [0.717, 1.165) is 36.1 Å². The molecule has 0 radical (unpaired) electrons. The molecule has 2 rings (SSSR count). The summed E-state index contributed by atoms with van der Waals surface area (Å²) in [5.74, 6) is 0. The number of amides is 2. The van der Waals surface area contributed by atoms with Crippen LogP contribution in [-0.2, 0) is 19.0 Å². The van der Waals surface area contributed by atoms with E-state index in [1.165, 1.54) is 12.1 Å². The Labute approximate surface area is 138 Å². The van der Waals surface area contributed by atoms with Gasteiger partial charge in [-0.2, -0.15) is 13.2 Å². The minimum atomic E-state index is -4.45. The zero-order chi connectivity index (χ0) is 17.7. The molecule has 0 fully saturated rings. The summed E-state index contributed by atoms with van der Waals surface area (Å²) in [6.07, 6.45) is -2.96. The van der Waals surface area contributed by atoms with Crippen molar-refractivity contribution in [3.8, 4) is 0 Å². The standard InChI is InChI=1S/C18H19F3N2O/c1-3-12-7-5-8-13(4-2)16(12)23-17(24)22-15-10-6-9-14(11-15)18(19,20)21/h5-11H,3-4H2,1-2H3,(H2,22,23,24). The maximum absolute atomic E-state index is 12.7. The molecule has 0 atom stereocenters. The Kier molecular flexibility index (Phi) is 5.49. The number of carbonyl (C=O) groups is 1. The number of carbonyl (C=O) groups excluding carboxylic acids is 1. The second kappa shape index (κ2) is 7.38. The third-order valence-corrected chi connectivity index (χ3v) is 3.69. The molecule has 2 aromatic rings. The Morgan fingerprint density at radius 2 is 1.54 bits per heavy atom. The fraction of sp³-hybridized carbons (Fsp3) is 0.278. The largest absolute Gasteiger partial charge is 0.416 e. The van der Waals surface area contributed by atoms with E-state index in [0.29, 0.717) is 5.69 Å². The molecule has 0 saturated carbocycles. The van der Waals surface area contributed by atoms with Gasteiger partial charge in [0.05, 0.1) is 5.56 Å². The number of para-hydroxylation sites is 1. The molecule has 2 N–H and O–H groups in total. The molecule has 0 saturated heterocycles. The molecule has 2 aromatic carbocycles. The summed E-state index contributed by atoms with van der Waals surface area (Å²) < 4.78 is 38.2. The van der Waals surface area contributed by atoms with E-state index in [1.807, 2.05) is 32.0 Å². The van der Waals surface area contributed by atoms with E-state index in [2.05, 4.69) is 10.6 Å². The van der Waals surface area contributed by atoms with Crippen molar-refractivity contribution in [1.29, 1.82) is 0 Å². The van der Waals surface area contributed by atoms with Crippen LogP contribution < -0.4 is 10.6 Å². The lowest BCUT2D eigenvalue weighted by Gasteiger charge is -2.15. The first-order chi connectivity index (χ1) is 11.3. The first-order valence-electron chi connectivity index (χ1n) is 7.71. The smallest absolute Gasteiger partial charge is 0.308 e. The Morgan fingerprint density at radius 3 is 2.08 bits per heavy atom. The number of rotatable bonds is 4. The molecule has 0 aliphatic heterocycles. The predicted octanol–water partition coefficient (Wildman–Crippen LogP) is 5.47. The number of alkyl halides is 3. The van der Waals surface area contributed by atoms with Gasteiger partial charge in [-0.25, -0.2) is 4.79 Å². The highest BCUT2D eigenvalue weighted by molar-refractivity contribution is 6.00. The van der Waals surface area contributed by atoms with E-state index >= 15 is 0 Å².